The molecule has 0 radical (unpaired) electrons. The number of phenolic OH excluding ortho intramolecular Hbond substituents is 1. The first-order valence-corrected chi connectivity index (χ1v) is 6.08. The topological polar surface area (TPSA) is 78.2 Å². The lowest BCUT2D eigenvalue weighted by Gasteiger charge is -2.08. The van der Waals surface area contributed by atoms with Gasteiger partial charge in [-0.1, -0.05) is 0 Å². The number of alkyl halides is 2. The molecule has 0 aromatic heterocycles. The Labute approximate surface area is 94.1 Å². The predicted molar refractivity (Wildman–Crippen MR) is 50.8 cm³/mol. The zero-order valence-electron chi connectivity index (χ0n) is 7.49. The molecule has 0 saturated carbocycles. The third kappa shape index (κ3) is 2.23. The Morgan fingerprint density at radius 3 is 2.38 bits per heavy atom. The first-order valence-electron chi connectivity index (χ1n) is 3.77. The molecule has 0 unspecified atom stereocenters. The first kappa shape index (κ1) is 12.7. The van der Waals surface area contributed by atoms with Crippen molar-refractivity contribution in [3.8, 4) is 11.8 Å². The monoisotopic (exact) mass is 267 g/mol. The summed E-state index contributed by atoms with van der Waals surface area (Å²) < 4.78 is 46.8. The maximum atomic E-state index is 12.5. The van der Waals surface area contributed by atoms with Crippen molar-refractivity contribution in [2.24, 2.45) is 0 Å². The molecule has 0 aliphatic carbocycles. The van der Waals surface area contributed by atoms with Crippen LogP contribution in [0.25, 0.3) is 0 Å². The fourth-order valence-electron chi connectivity index (χ4n) is 1.10. The number of hydrogen-bond acceptors (Lipinski definition) is 4. The van der Waals surface area contributed by atoms with Crippen molar-refractivity contribution in [3.63, 3.8) is 0 Å². The van der Waals surface area contributed by atoms with E-state index < -0.39 is 37.2 Å². The van der Waals surface area contributed by atoms with E-state index in [1.807, 2.05) is 0 Å². The molecule has 0 fully saturated rings. The largest absolute Gasteiger partial charge is 0.506 e. The zero-order valence-corrected chi connectivity index (χ0v) is 9.06. The average molecular weight is 268 g/mol. The Hall–Kier alpha value is -1.39. The summed E-state index contributed by atoms with van der Waals surface area (Å²) in [5.41, 5.74) is -1.54. The normalized spacial score (nSPS) is 11.4. The molecule has 8 heteroatoms. The van der Waals surface area contributed by atoms with Crippen LogP contribution in [0.3, 0.4) is 0 Å². The van der Waals surface area contributed by atoms with Gasteiger partial charge in [0.25, 0.3) is 15.5 Å². The van der Waals surface area contributed by atoms with Gasteiger partial charge in [0.2, 0.25) is 0 Å². The molecule has 0 aliphatic rings. The summed E-state index contributed by atoms with van der Waals surface area (Å²) in [4.78, 5) is -0.844. The van der Waals surface area contributed by atoms with Gasteiger partial charge < -0.3 is 5.11 Å². The van der Waals surface area contributed by atoms with E-state index in [4.69, 9.17) is 15.9 Å². The maximum absolute atomic E-state index is 12.5. The summed E-state index contributed by atoms with van der Waals surface area (Å²) >= 11 is 0. The van der Waals surface area contributed by atoms with E-state index in [-0.39, 0.29) is 0 Å². The van der Waals surface area contributed by atoms with Crippen molar-refractivity contribution in [1.29, 1.82) is 5.26 Å². The van der Waals surface area contributed by atoms with Crippen molar-refractivity contribution >= 4 is 19.7 Å². The molecule has 1 rings (SSSR count). The third-order valence-corrected chi connectivity index (χ3v) is 3.13. The Balaban J connectivity index is 3.65. The van der Waals surface area contributed by atoms with E-state index in [0.717, 1.165) is 12.1 Å². The van der Waals surface area contributed by atoms with Crippen molar-refractivity contribution < 1.29 is 22.3 Å². The van der Waals surface area contributed by atoms with E-state index in [9.17, 15) is 22.3 Å². The third-order valence-electron chi connectivity index (χ3n) is 1.78. The minimum Gasteiger partial charge on any atom is -0.506 e. The number of halogens is 3. The highest BCUT2D eigenvalue weighted by molar-refractivity contribution is 8.13. The molecule has 0 spiro atoms. The minimum absolute atomic E-state index is 0.503. The lowest BCUT2D eigenvalue weighted by molar-refractivity contribution is 0.146. The van der Waals surface area contributed by atoms with E-state index in [1.165, 1.54) is 6.07 Å². The smallest absolute Gasteiger partial charge is 0.268 e. The zero-order chi connectivity index (χ0) is 12.5. The van der Waals surface area contributed by atoms with E-state index in [0.29, 0.717) is 0 Å². The molecule has 0 amide bonds. The molecule has 1 aromatic rings. The van der Waals surface area contributed by atoms with Crippen LogP contribution in [0.4, 0.5) is 8.78 Å². The fourth-order valence-corrected chi connectivity index (χ4v) is 2.05. The minimum atomic E-state index is -4.34. The number of nitriles is 1. The SMILES string of the molecule is N#Cc1ccc(S(=O)(=O)Cl)c(O)c1C(F)F. The van der Waals surface area contributed by atoms with Crippen molar-refractivity contribution in [2.75, 3.05) is 0 Å². The maximum Gasteiger partial charge on any atom is 0.268 e. The fraction of sp³-hybridized carbons (Fsp3) is 0.125. The van der Waals surface area contributed by atoms with Crippen LogP contribution in [-0.4, -0.2) is 13.5 Å². The summed E-state index contributed by atoms with van der Waals surface area (Å²) in [6, 6.07) is 3.07. The van der Waals surface area contributed by atoms with Gasteiger partial charge in [-0.15, -0.1) is 0 Å². The van der Waals surface area contributed by atoms with Gasteiger partial charge in [0.05, 0.1) is 17.2 Å². The molecule has 0 aliphatic heterocycles. The molecule has 0 atom stereocenters. The lowest BCUT2D eigenvalue weighted by Crippen LogP contribution is -1.98. The summed E-state index contributed by atoms with van der Waals surface area (Å²) in [5.74, 6) is -1.19. The Morgan fingerprint density at radius 2 is 2.00 bits per heavy atom. The van der Waals surface area contributed by atoms with Gasteiger partial charge in [0.15, 0.2) is 0 Å². The highest BCUT2D eigenvalue weighted by Gasteiger charge is 2.25. The molecule has 1 aromatic carbocycles. The Bertz CT molecular complexity index is 565. The summed E-state index contributed by atoms with van der Waals surface area (Å²) in [5, 5.41) is 17.8. The second-order valence-electron chi connectivity index (χ2n) is 2.72. The highest BCUT2D eigenvalue weighted by atomic mass is 35.7. The van der Waals surface area contributed by atoms with Crippen LogP contribution in [0.1, 0.15) is 17.6 Å². The van der Waals surface area contributed by atoms with Gasteiger partial charge in [-0.2, -0.15) is 5.26 Å². The van der Waals surface area contributed by atoms with Crippen LogP contribution in [0.2, 0.25) is 0 Å². The van der Waals surface area contributed by atoms with Gasteiger partial charge in [0.1, 0.15) is 10.6 Å². The van der Waals surface area contributed by atoms with E-state index in [2.05, 4.69) is 0 Å². The van der Waals surface area contributed by atoms with Crippen molar-refractivity contribution in [3.05, 3.63) is 23.3 Å². The summed E-state index contributed by atoms with van der Waals surface area (Å²) in [7, 11) is 0.585. The number of hydrogen-bond donors (Lipinski definition) is 1. The summed E-state index contributed by atoms with van der Waals surface area (Å²) in [6.45, 7) is 0. The van der Waals surface area contributed by atoms with Gasteiger partial charge in [-0.05, 0) is 12.1 Å². The molecule has 1 N–H and O–H groups in total. The quantitative estimate of drug-likeness (QED) is 0.833. The van der Waals surface area contributed by atoms with Crippen LogP contribution >= 0.6 is 10.7 Å². The van der Waals surface area contributed by atoms with E-state index >= 15 is 0 Å². The highest BCUT2D eigenvalue weighted by Crippen LogP contribution is 2.37. The summed E-state index contributed by atoms with van der Waals surface area (Å²) in [6.07, 6.45) is -3.17. The predicted octanol–water partition coefficient (Wildman–Crippen LogP) is 2.13. The second kappa shape index (κ2) is 4.23. The molecular formula is C8H4ClF2NO3S. The second-order valence-corrected chi connectivity index (χ2v) is 5.26. The van der Waals surface area contributed by atoms with Gasteiger partial charge in [0, 0.05) is 10.7 Å². The van der Waals surface area contributed by atoms with Crippen molar-refractivity contribution in [1.82, 2.24) is 0 Å². The molecule has 86 valence electrons. The Morgan fingerprint density at radius 1 is 1.44 bits per heavy atom. The number of rotatable bonds is 2. The van der Waals surface area contributed by atoms with Crippen LogP contribution in [0.5, 0.6) is 5.75 Å². The van der Waals surface area contributed by atoms with Crippen LogP contribution in [0, 0.1) is 11.3 Å². The first-order chi connectivity index (χ1) is 7.29. The van der Waals surface area contributed by atoms with Crippen molar-refractivity contribution in [2.45, 2.75) is 11.3 Å². The van der Waals surface area contributed by atoms with Gasteiger partial charge in [-0.3, -0.25) is 0 Å². The molecule has 0 bridgehead atoms. The standard InChI is InChI=1S/C8H4ClF2NO3S/c9-16(14,15)5-2-1-4(3-12)6(7(5)13)8(10)11/h1-2,8,13H. The van der Waals surface area contributed by atoms with Crippen LogP contribution in [-0.2, 0) is 9.05 Å². The van der Waals surface area contributed by atoms with E-state index in [1.54, 1.807) is 0 Å². The number of nitrogens with zero attached hydrogens (tertiary/aromatic N) is 1. The number of benzene rings is 1. The number of phenols is 1. The molecule has 4 nitrogen and oxygen atoms in total. The van der Waals surface area contributed by atoms with Gasteiger partial charge in [-0.25, -0.2) is 17.2 Å². The van der Waals surface area contributed by atoms with Crippen LogP contribution in [0.15, 0.2) is 17.0 Å². The Kier molecular flexibility index (Phi) is 3.35. The number of aromatic hydroxyl groups is 1. The molecule has 0 heterocycles. The molecular weight excluding hydrogens is 264 g/mol. The molecule has 0 saturated heterocycles. The lowest BCUT2D eigenvalue weighted by atomic mass is 10.1. The molecule has 16 heavy (non-hydrogen) atoms. The van der Waals surface area contributed by atoms with Gasteiger partial charge >= 0.3 is 0 Å². The van der Waals surface area contributed by atoms with Crippen LogP contribution < -0.4 is 0 Å². The average Bonchev–Trinajstić information content (AvgIpc) is 2.14.